The average Bonchev–Trinajstić information content (AvgIpc) is 3.19. The van der Waals surface area contributed by atoms with Gasteiger partial charge in [-0.05, 0) is 67.5 Å². The Morgan fingerprint density at radius 2 is 2.00 bits per heavy atom. The summed E-state index contributed by atoms with van der Waals surface area (Å²) in [5, 5.41) is 3.56. The minimum atomic E-state index is -0.190. The van der Waals surface area contributed by atoms with Crippen molar-refractivity contribution in [2.24, 2.45) is 0 Å². The molecular formula is C25H26N2O3S. The van der Waals surface area contributed by atoms with Gasteiger partial charge in [0.1, 0.15) is 6.61 Å². The van der Waals surface area contributed by atoms with Crippen LogP contribution in [0.1, 0.15) is 40.1 Å². The van der Waals surface area contributed by atoms with E-state index < -0.39 is 0 Å². The molecule has 1 amide bonds. The second-order valence-electron chi connectivity index (χ2n) is 7.54. The molecule has 0 radical (unpaired) electrons. The third kappa shape index (κ3) is 5.33. The van der Waals surface area contributed by atoms with E-state index in [0.717, 1.165) is 29.7 Å². The second-order valence-corrected chi connectivity index (χ2v) is 8.63. The fraction of sp³-hybridized carbons (Fsp3) is 0.280. The van der Waals surface area contributed by atoms with Crippen LogP contribution in [0.4, 0.5) is 5.13 Å². The lowest BCUT2D eigenvalue weighted by Gasteiger charge is -2.12. The van der Waals surface area contributed by atoms with Crippen LogP contribution in [0.25, 0.3) is 6.08 Å². The van der Waals surface area contributed by atoms with E-state index >= 15 is 0 Å². The zero-order chi connectivity index (χ0) is 21.6. The van der Waals surface area contributed by atoms with Gasteiger partial charge in [0.25, 0.3) is 0 Å². The van der Waals surface area contributed by atoms with Crippen molar-refractivity contribution < 1.29 is 14.3 Å². The van der Waals surface area contributed by atoms with Crippen molar-refractivity contribution in [1.29, 1.82) is 0 Å². The lowest BCUT2D eigenvalue weighted by Crippen LogP contribution is -2.07. The first-order valence-corrected chi connectivity index (χ1v) is 11.3. The highest BCUT2D eigenvalue weighted by Gasteiger charge is 2.15. The number of aryl methyl sites for hydroxylation is 3. The molecular weight excluding hydrogens is 408 g/mol. The number of aromatic nitrogens is 1. The summed E-state index contributed by atoms with van der Waals surface area (Å²) in [7, 11) is 1.61. The highest BCUT2D eigenvalue weighted by atomic mass is 32.1. The minimum Gasteiger partial charge on any atom is -0.493 e. The molecule has 0 fully saturated rings. The normalized spacial score (nSPS) is 13.1. The van der Waals surface area contributed by atoms with Crippen LogP contribution in [0.3, 0.4) is 0 Å². The van der Waals surface area contributed by atoms with Crippen LogP contribution in [-0.4, -0.2) is 18.0 Å². The first kappa shape index (κ1) is 21.1. The predicted molar refractivity (Wildman–Crippen MR) is 125 cm³/mol. The number of carbonyl (C=O) groups is 1. The monoisotopic (exact) mass is 434 g/mol. The number of thiazole rings is 1. The molecule has 3 aromatic rings. The number of benzene rings is 2. The van der Waals surface area contributed by atoms with Gasteiger partial charge in [0.2, 0.25) is 5.91 Å². The molecule has 0 bridgehead atoms. The van der Waals surface area contributed by atoms with Crippen molar-refractivity contribution in [2.45, 2.75) is 39.2 Å². The van der Waals surface area contributed by atoms with Crippen molar-refractivity contribution in [3.8, 4) is 11.5 Å². The van der Waals surface area contributed by atoms with Gasteiger partial charge >= 0.3 is 0 Å². The van der Waals surface area contributed by atoms with E-state index in [1.165, 1.54) is 29.4 Å². The summed E-state index contributed by atoms with van der Waals surface area (Å²) in [6.07, 6.45) is 7.73. The number of fused-ring (bicyclic) bond motifs is 1. The maximum absolute atomic E-state index is 12.3. The minimum absolute atomic E-state index is 0.190. The van der Waals surface area contributed by atoms with Crippen molar-refractivity contribution in [3.63, 3.8) is 0 Å². The molecule has 0 saturated heterocycles. The lowest BCUT2D eigenvalue weighted by molar-refractivity contribution is -0.111. The average molecular weight is 435 g/mol. The molecule has 1 aliphatic rings. The molecule has 160 valence electrons. The van der Waals surface area contributed by atoms with E-state index in [-0.39, 0.29) is 5.91 Å². The number of methoxy groups -OCH3 is 1. The van der Waals surface area contributed by atoms with Crippen molar-refractivity contribution in [1.82, 2.24) is 4.98 Å². The molecule has 6 heteroatoms. The number of nitrogens with one attached hydrogen (secondary N) is 1. The number of nitrogens with zero attached hydrogens (tertiary/aromatic N) is 1. The Kier molecular flexibility index (Phi) is 6.67. The van der Waals surface area contributed by atoms with Gasteiger partial charge in [-0.25, -0.2) is 4.98 Å². The molecule has 1 aromatic heterocycles. The first-order chi connectivity index (χ1) is 15.1. The quantitative estimate of drug-likeness (QED) is 0.494. The van der Waals surface area contributed by atoms with Crippen LogP contribution in [0.5, 0.6) is 11.5 Å². The molecule has 0 atom stereocenters. The van der Waals surface area contributed by atoms with Crippen LogP contribution in [0, 0.1) is 6.92 Å². The SMILES string of the molecule is COc1cc(/C=C/C(=O)Nc2nc3c(s2)CCCC3)ccc1OCc1ccccc1C. The third-order valence-electron chi connectivity index (χ3n) is 5.34. The number of hydrogen-bond donors (Lipinski definition) is 1. The van der Waals surface area contributed by atoms with Crippen molar-refractivity contribution >= 4 is 28.5 Å². The Balaban J connectivity index is 1.38. The number of anilines is 1. The van der Waals surface area contributed by atoms with Gasteiger partial charge in [-0.2, -0.15) is 0 Å². The summed E-state index contributed by atoms with van der Waals surface area (Å²) < 4.78 is 11.4. The standard InChI is InChI=1S/C25H26N2O3S/c1-17-7-3-4-8-19(17)16-30-21-13-11-18(15-22(21)29-2)12-14-24(28)27-25-26-20-9-5-6-10-23(20)31-25/h3-4,7-8,11-15H,5-6,9-10,16H2,1-2H3,(H,26,27,28)/b14-12+. The van der Waals surface area contributed by atoms with Gasteiger partial charge < -0.3 is 9.47 Å². The number of hydrogen-bond acceptors (Lipinski definition) is 5. The van der Waals surface area contributed by atoms with Gasteiger partial charge in [-0.15, -0.1) is 11.3 Å². The largest absolute Gasteiger partial charge is 0.493 e. The third-order valence-corrected chi connectivity index (χ3v) is 6.41. The summed E-state index contributed by atoms with van der Waals surface area (Å²) >= 11 is 1.58. The van der Waals surface area contributed by atoms with Gasteiger partial charge in [-0.1, -0.05) is 30.3 Å². The Morgan fingerprint density at radius 1 is 1.16 bits per heavy atom. The molecule has 0 saturated carbocycles. The fourth-order valence-electron chi connectivity index (χ4n) is 3.56. The topological polar surface area (TPSA) is 60.5 Å². The Hall–Kier alpha value is -3.12. The molecule has 1 aliphatic carbocycles. The van der Waals surface area contributed by atoms with E-state index in [4.69, 9.17) is 9.47 Å². The number of rotatable bonds is 7. The summed E-state index contributed by atoms with van der Waals surface area (Å²) in [5.74, 6) is 1.11. The van der Waals surface area contributed by atoms with Crippen LogP contribution >= 0.6 is 11.3 Å². The van der Waals surface area contributed by atoms with Crippen LogP contribution in [0.2, 0.25) is 0 Å². The number of ether oxygens (including phenoxy) is 2. The highest BCUT2D eigenvalue weighted by Crippen LogP contribution is 2.31. The Morgan fingerprint density at radius 3 is 2.81 bits per heavy atom. The molecule has 5 nitrogen and oxygen atoms in total. The highest BCUT2D eigenvalue weighted by molar-refractivity contribution is 7.15. The van der Waals surface area contributed by atoms with E-state index in [9.17, 15) is 4.79 Å². The predicted octanol–water partition coefficient (Wildman–Crippen LogP) is 5.57. The van der Waals surface area contributed by atoms with Crippen LogP contribution in [0.15, 0.2) is 48.5 Å². The summed E-state index contributed by atoms with van der Waals surface area (Å²) in [6, 6.07) is 13.8. The Labute approximate surface area is 186 Å². The molecule has 0 spiro atoms. The maximum Gasteiger partial charge on any atom is 0.250 e. The second kappa shape index (κ2) is 9.79. The molecule has 1 heterocycles. The van der Waals surface area contributed by atoms with Crippen molar-refractivity contribution in [2.75, 3.05) is 12.4 Å². The van der Waals surface area contributed by atoms with E-state index in [1.54, 1.807) is 24.5 Å². The van der Waals surface area contributed by atoms with Crippen LogP contribution < -0.4 is 14.8 Å². The molecule has 0 unspecified atom stereocenters. The molecule has 4 rings (SSSR count). The fourth-order valence-corrected chi connectivity index (χ4v) is 4.61. The van der Waals surface area contributed by atoms with Gasteiger partial charge in [0, 0.05) is 11.0 Å². The molecule has 0 aliphatic heterocycles. The van der Waals surface area contributed by atoms with Gasteiger partial charge in [-0.3, -0.25) is 10.1 Å². The molecule has 31 heavy (non-hydrogen) atoms. The number of amides is 1. The van der Waals surface area contributed by atoms with Gasteiger partial charge in [0.05, 0.1) is 12.8 Å². The smallest absolute Gasteiger partial charge is 0.250 e. The van der Waals surface area contributed by atoms with Crippen molar-refractivity contribution in [3.05, 3.63) is 75.8 Å². The zero-order valence-corrected chi connectivity index (χ0v) is 18.6. The van der Waals surface area contributed by atoms with Gasteiger partial charge in [0.15, 0.2) is 16.6 Å². The molecule has 1 N–H and O–H groups in total. The summed E-state index contributed by atoms with van der Waals surface area (Å²) in [5.41, 5.74) is 4.32. The molecule has 2 aromatic carbocycles. The zero-order valence-electron chi connectivity index (χ0n) is 17.8. The van der Waals surface area contributed by atoms with Crippen LogP contribution in [-0.2, 0) is 24.2 Å². The summed E-state index contributed by atoms with van der Waals surface area (Å²) in [6.45, 7) is 2.54. The maximum atomic E-state index is 12.3. The van der Waals surface area contributed by atoms with E-state index in [1.807, 2.05) is 30.3 Å². The van der Waals surface area contributed by atoms with E-state index in [2.05, 4.69) is 29.4 Å². The Bertz CT molecular complexity index is 1080. The van der Waals surface area contributed by atoms with E-state index in [0.29, 0.717) is 23.2 Å². The summed E-state index contributed by atoms with van der Waals surface area (Å²) in [4.78, 5) is 18.2. The first-order valence-electron chi connectivity index (χ1n) is 10.5. The number of carbonyl (C=O) groups excluding carboxylic acids is 1. The lowest BCUT2D eigenvalue weighted by atomic mass is 10.0.